The van der Waals surface area contributed by atoms with E-state index in [1.54, 1.807) is 0 Å². The van der Waals surface area contributed by atoms with E-state index in [0.29, 0.717) is 26.4 Å². The van der Waals surface area contributed by atoms with Gasteiger partial charge in [-0.05, 0) is 6.42 Å². The van der Waals surface area contributed by atoms with Gasteiger partial charge in [0, 0.05) is 12.7 Å². The first-order valence-corrected chi connectivity index (χ1v) is 5.99. The maximum atomic E-state index is 9.25. The van der Waals surface area contributed by atoms with Crippen molar-refractivity contribution < 1.29 is 34.3 Å². The quantitative estimate of drug-likeness (QED) is 0.278. The summed E-state index contributed by atoms with van der Waals surface area (Å²) in [5.74, 6) is -0.981. The van der Waals surface area contributed by atoms with Gasteiger partial charge in [0.05, 0.1) is 33.0 Å². The minimum atomic E-state index is -0.981. The van der Waals surface area contributed by atoms with Crippen molar-refractivity contribution in [2.75, 3.05) is 39.6 Å². The number of aliphatic carboxylic acids is 1. The Morgan fingerprint density at radius 1 is 1.26 bits per heavy atom. The molecule has 1 atom stereocenters. The number of carboxylic acid groups (broad SMARTS) is 1. The van der Waals surface area contributed by atoms with Crippen molar-refractivity contribution in [3.8, 4) is 0 Å². The molecule has 0 radical (unpaired) electrons. The van der Waals surface area contributed by atoms with E-state index in [2.05, 4.69) is 6.58 Å². The van der Waals surface area contributed by atoms with Crippen LogP contribution in [0.1, 0.15) is 13.3 Å². The van der Waals surface area contributed by atoms with E-state index in [4.69, 9.17) is 29.5 Å². The Hall–Kier alpha value is -0.990. The predicted octanol–water partition coefficient (Wildman–Crippen LogP) is 0.0139. The van der Waals surface area contributed by atoms with Crippen LogP contribution in [0.25, 0.3) is 0 Å². The zero-order valence-electron chi connectivity index (χ0n) is 11.3. The summed E-state index contributed by atoms with van der Waals surface area (Å²) in [5.41, 5.74) is 0. The number of carboxylic acids is 1. The zero-order chi connectivity index (χ0) is 14.9. The molecule has 0 fully saturated rings. The third kappa shape index (κ3) is 22.6. The first kappa shape index (κ1) is 20.3. The number of hydrogen-bond acceptors (Lipinski definition) is 6. The van der Waals surface area contributed by atoms with E-state index >= 15 is 0 Å². The Morgan fingerprint density at radius 3 is 2.32 bits per heavy atom. The molecule has 7 heteroatoms. The fraction of sp³-hybridized carbons (Fsp3) is 0.750. The lowest BCUT2D eigenvalue weighted by Crippen LogP contribution is -2.21. The van der Waals surface area contributed by atoms with Gasteiger partial charge >= 0.3 is 5.97 Å². The third-order valence-electron chi connectivity index (χ3n) is 1.56. The summed E-state index contributed by atoms with van der Waals surface area (Å²) >= 11 is 0. The maximum absolute atomic E-state index is 9.25. The molecule has 7 nitrogen and oxygen atoms in total. The van der Waals surface area contributed by atoms with Crippen LogP contribution in [-0.2, 0) is 19.0 Å². The largest absolute Gasteiger partial charge is 0.478 e. The molecule has 114 valence electrons. The highest BCUT2D eigenvalue weighted by molar-refractivity contribution is 5.78. The summed E-state index contributed by atoms with van der Waals surface area (Å²) in [7, 11) is 0. The van der Waals surface area contributed by atoms with Crippen molar-refractivity contribution in [3.63, 3.8) is 0 Å². The van der Waals surface area contributed by atoms with Crippen LogP contribution in [0.5, 0.6) is 0 Å². The minimum absolute atomic E-state index is 0.0161. The summed E-state index contributed by atoms with van der Waals surface area (Å²) in [4.78, 5) is 9.25. The molecule has 0 aromatic carbocycles. The SMILES string of the molecule is C=CC(=O)O.CCCOC(O)COCCOCCO. The van der Waals surface area contributed by atoms with E-state index < -0.39 is 12.3 Å². The molecule has 0 aromatic rings. The Bertz CT molecular complexity index is 208. The van der Waals surface area contributed by atoms with Crippen LogP contribution in [-0.4, -0.2) is 67.2 Å². The van der Waals surface area contributed by atoms with Gasteiger partial charge in [0.2, 0.25) is 0 Å². The smallest absolute Gasteiger partial charge is 0.327 e. The molecular formula is C12H24O7. The Labute approximate surface area is 113 Å². The molecule has 1 unspecified atom stereocenters. The summed E-state index contributed by atoms with van der Waals surface area (Å²) < 4.78 is 15.0. The Balaban J connectivity index is 0. The summed E-state index contributed by atoms with van der Waals surface area (Å²) in [6, 6.07) is 0. The fourth-order valence-corrected chi connectivity index (χ4v) is 0.771. The fourth-order valence-electron chi connectivity index (χ4n) is 0.771. The second kappa shape index (κ2) is 17.0. The van der Waals surface area contributed by atoms with Crippen molar-refractivity contribution in [1.29, 1.82) is 0 Å². The highest BCUT2D eigenvalue weighted by Gasteiger charge is 2.02. The van der Waals surface area contributed by atoms with Gasteiger partial charge in [-0.25, -0.2) is 4.79 Å². The van der Waals surface area contributed by atoms with E-state index in [-0.39, 0.29) is 13.2 Å². The normalized spacial score (nSPS) is 11.3. The van der Waals surface area contributed by atoms with Crippen LogP contribution < -0.4 is 0 Å². The molecule has 0 bridgehead atoms. The second-order valence-electron chi connectivity index (χ2n) is 3.28. The van der Waals surface area contributed by atoms with Gasteiger partial charge in [-0.3, -0.25) is 0 Å². The van der Waals surface area contributed by atoms with Crippen LogP contribution in [0.4, 0.5) is 0 Å². The monoisotopic (exact) mass is 280 g/mol. The van der Waals surface area contributed by atoms with Gasteiger partial charge in [0.25, 0.3) is 0 Å². The van der Waals surface area contributed by atoms with Gasteiger partial charge in [-0.1, -0.05) is 13.5 Å². The summed E-state index contributed by atoms with van der Waals surface area (Å²) in [5, 5.41) is 25.1. The number of rotatable bonds is 11. The summed E-state index contributed by atoms with van der Waals surface area (Å²) in [6.07, 6.45) is 0.851. The van der Waals surface area contributed by atoms with Crippen molar-refractivity contribution in [1.82, 2.24) is 0 Å². The molecule has 3 N–H and O–H groups in total. The Morgan fingerprint density at radius 2 is 1.84 bits per heavy atom. The highest BCUT2D eigenvalue weighted by Crippen LogP contribution is 1.90. The van der Waals surface area contributed by atoms with Crippen molar-refractivity contribution in [2.24, 2.45) is 0 Å². The molecule has 0 amide bonds. The molecule has 0 aliphatic heterocycles. The average Bonchev–Trinajstić information content (AvgIpc) is 2.41. The molecule has 0 heterocycles. The van der Waals surface area contributed by atoms with Crippen molar-refractivity contribution in [3.05, 3.63) is 12.7 Å². The summed E-state index contributed by atoms with van der Waals surface area (Å²) in [6.45, 7) is 6.76. The van der Waals surface area contributed by atoms with E-state index in [1.807, 2.05) is 6.92 Å². The standard InChI is InChI=1S/C9H20O5.C3H4O2/c1-2-4-14-9(11)8-13-7-6-12-5-3-10;1-2-3(4)5/h9-11H,2-8H2,1H3;2H,1H2,(H,4,5). The number of hydrogen-bond donors (Lipinski definition) is 3. The van der Waals surface area contributed by atoms with Crippen LogP contribution in [0, 0.1) is 0 Å². The van der Waals surface area contributed by atoms with Gasteiger partial charge in [-0.15, -0.1) is 0 Å². The number of ether oxygens (including phenoxy) is 3. The number of carbonyl (C=O) groups is 1. The molecule has 0 aliphatic carbocycles. The van der Waals surface area contributed by atoms with Gasteiger partial charge < -0.3 is 29.5 Å². The number of aliphatic hydroxyl groups is 2. The lowest BCUT2D eigenvalue weighted by Gasteiger charge is -2.11. The van der Waals surface area contributed by atoms with Crippen LogP contribution in [0.15, 0.2) is 12.7 Å². The predicted molar refractivity (Wildman–Crippen MR) is 68.8 cm³/mol. The number of aliphatic hydroxyl groups excluding tert-OH is 2. The third-order valence-corrected chi connectivity index (χ3v) is 1.56. The van der Waals surface area contributed by atoms with E-state index in [0.717, 1.165) is 12.5 Å². The molecule has 0 saturated carbocycles. The van der Waals surface area contributed by atoms with Crippen LogP contribution >= 0.6 is 0 Å². The Kier molecular flexibility index (Phi) is 18.2. The van der Waals surface area contributed by atoms with Crippen LogP contribution in [0.3, 0.4) is 0 Å². The molecule has 19 heavy (non-hydrogen) atoms. The molecule has 0 saturated heterocycles. The molecule has 0 rings (SSSR count). The minimum Gasteiger partial charge on any atom is -0.478 e. The van der Waals surface area contributed by atoms with Crippen molar-refractivity contribution in [2.45, 2.75) is 19.6 Å². The van der Waals surface area contributed by atoms with E-state index in [9.17, 15) is 4.79 Å². The lowest BCUT2D eigenvalue weighted by atomic mass is 10.5. The topological polar surface area (TPSA) is 105 Å². The maximum Gasteiger partial charge on any atom is 0.327 e. The lowest BCUT2D eigenvalue weighted by molar-refractivity contribution is -0.140. The average molecular weight is 280 g/mol. The van der Waals surface area contributed by atoms with Gasteiger partial charge in [0.15, 0.2) is 6.29 Å². The van der Waals surface area contributed by atoms with Gasteiger partial charge in [0.1, 0.15) is 0 Å². The first-order valence-electron chi connectivity index (χ1n) is 5.99. The second-order valence-corrected chi connectivity index (χ2v) is 3.28. The molecule has 0 aromatic heterocycles. The van der Waals surface area contributed by atoms with E-state index in [1.165, 1.54) is 0 Å². The molecular weight excluding hydrogens is 256 g/mol. The molecule has 0 aliphatic rings. The molecule has 0 spiro atoms. The first-order chi connectivity index (χ1) is 9.08. The van der Waals surface area contributed by atoms with Gasteiger partial charge in [-0.2, -0.15) is 0 Å². The highest BCUT2D eigenvalue weighted by atomic mass is 16.6. The zero-order valence-corrected chi connectivity index (χ0v) is 11.3. The van der Waals surface area contributed by atoms with Crippen LogP contribution in [0.2, 0.25) is 0 Å². The van der Waals surface area contributed by atoms with Crippen molar-refractivity contribution >= 4 is 5.97 Å².